The molecule has 0 radical (unpaired) electrons. The molecule has 6 atom stereocenters. The van der Waals surface area contributed by atoms with Crippen LogP contribution in [0.25, 0.3) is 11.2 Å². The van der Waals surface area contributed by atoms with E-state index >= 15 is 0 Å². The van der Waals surface area contributed by atoms with Gasteiger partial charge in [-0.3, -0.25) is 9.36 Å². The van der Waals surface area contributed by atoms with E-state index in [4.69, 9.17) is 21.3 Å². The topological polar surface area (TPSA) is 183 Å². The Balaban J connectivity index is 0.00000280. The van der Waals surface area contributed by atoms with E-state index in [0.29, 0.717) is 29.1 Å². The van der Waals surface area contributed by atoms with Gasteiger partial charge in [0.1, 0.15) is 47.7 Å². The lowest BCUT2D eigenvalue weighted by atomic mass is 10.1. The van der Waals surface area contributed by atoms with Crippen molar-refractivity contribution < 1.29 is 37.3 Å². The Morgan fingerprint density at radius 2 is 1.97 bits per heavy atom. The van der Waals surface area contributed by atoms with E-state index in [1.807, 2.05) is 6.26 Å². The molecule has 0 spiro atoms. The van der Waals surface area contributed by atoms with Crippen LogP contribution in [0.1, 0.15) is 12.6 Å². The third-order valence-electron chi connectivity index (χ3n) is 4.54. The molecule has 3 heterocycles. The van der Waals surface area contributed by atoms with Crippen molar-refractivity contribution in [2.24, 2.45) is 5.73 Å². The van der Waals surface area contributed by atoms with Gasteiger partial charge in [-0.15, -0.1) is 24.8 Å². The minimum absolute atomic E-state index is 0. The van der Waals surface area contributed by atoms with E-state index in [2.05, 4.69) is 15.0 Å². The second-order valence-electron chi connectivity index (χ2n) is 6.51. The van der Waals surface area contributed by atoms with Crippen molar-refractivity contribution in [1.29, 1.82) is 0 Å². The molecule has 0 aliphatic carbocycles. The standard InChI is InChI=1S/C15H22N6O5S.3ClH/c1-27(3-2-7(16)15(24)25)4-8-10(22)11(23)14(26-8)21-6-20-9-12(17)18-5-19-13(9)21;;;/h5-8,10-11,14,22-23H,2-4,16H2,1H3,(H2-,17,18,19,24,25);3*1H. The SMILES string of the molecule is C[S+](CCC(N)C(=O)O)CC1OC(n2cnc3c(N)ncnc32)C(O)C1O.Cl.Cl.[Cl-]. The van der Waals surface area contributed by atoms with Crippen LogP contribution in [0.15, 0.2) is 12.7 Å². The van der Waals surface area contributed by atoms with Crippen molar-refractivity contribution in [3.05, 3.63) is 12.7 Å². The minimum Gasteiger partial charge on any atom is -1.00 e. The number of rotatable bonds is 7. The smallest absolute Gasteiger partial charge is 0.320 e. The van der Waals surface area contributed by atoms with Gasteiger partial charge in [0.15, 0.2) is 17.7 Å². The number of imidazole rings is 1. The van der Waals surface area contributed by atoms with Gasteiger partial charge in [-0.05, 0) is 10.9 Å². The zero-order chi connectivity index (χ0) is 19.7. The summed E-state index contributed by atoms with van der Waals surface area (Å²) in [6.07, 6.45) is 1.31. The van der Waals surface area contributed by atoms with Crippen LogP contribution >= 0.6 is 24.8 Å². The maximum atomic E-state index is 10.8. The second-order valence-corrected chi connectivity index (χ2v) is 8.82. The fourth-order valence-corrected chi connectivity index (χ4v) is 4.63. The number of aromatic nitrogens is 4. The summed E-state index contributed by atoms with van der Waals surface area (Å²) in [4.78, 5) is 23.0. The molecule has 0 saturated carbocycles. The van der Waals surface area contributed by atoms with Crippen molar-refractivity contribution in [2.75, 3.05) is 23.5 Å². The molecular weight excluding hydrogens is 483 g/mol. The summed E-state index contributed by atoms with van der Waals surface area (Å²) >= 11 is 0. The van der Waals surface area contributed by atoms with Crippen LogP contribution in [0.2, 0.25) is 0 Å². The molecule has 6 unspecified atom stereocenters. The van der Waals surface area contributed by atoms with Crippen LogP contribution in [0.4, 0.5) is 5.82 Å². The van der Waals surface area contributed by atoms with Crippen molar-refractivity contribution >= 4 is 58.7 Å². The van der Waals surface area contributed by atoms with Crippen molar-refractivity contribution in [2.45, 2.75) is 37.0 Å². The van der Waals surface area contributed by atoms with E-state index in [1.165, 1.54) is 17.2 Å². The number of anilines is 1. The number of carboxylic acids is 1. The number of nitrogen functional groups attached to an aromatic ring is 1. The molecule has 2 aromatic heterocycles. The Kier molecular flexibility index (Phi) is 11.6. The third-order valence-corrected chi connectivity index (χ3v) is 6.37. The molecule has 0 aromatic carbocycles. The molecule has 1 aliphatic rings. The summed E-state index contributed by atoms with van der Waals surface area (Å²) in [5.41, 5.74) is 12.1. The Labute approximate surface area is 194 Å². The summed E-state index contributed by atoms with van der Waals surface area (Å²) in [5.74, 6) is 0.254. The molecule has 30 heavy (non-hydrogen) atoms. The molecule has 1 fully saturated rings. The highest BCUT2D eigenvalue weighted by atomic mass is 35.5. The molecule has 0 bridgehead atoms. The number of carbonyl (C=O) groups is 1. The van der Waals surface area contributed by atoms with Gasteiger partial charge < -0.3 is 43.9 Å². The predicted molar refractivity (Wildman–Crippen MR) is 113 cm³/mol. The Morgan fingerprint density at radius 1 is 1.30 bits per heavy atom. The van der Waals surface area contributed by atoms with Gasteiger partial charge in [-0.1, -0.05) is 0 Å². The number of nitrogens with two attached hydrogens (primary N) is 2. The Morgan fingerprint density at radius 3 is 2.60 bits per heavy atom. The van der Waals surface area contributed by atoms with E-state index in [9.17, 15) is 15.0 Å². The monoisotopic (exact) mass is 506 g/mol. The normalized spacial score (nSPS) is 24.9. The first-order valence-electron chi connectivity index (χ1n) is 8.31. The van der Waals surface area contributed by atoms with Crippen LogP contribution in [0.3, 0.4) is 0 Å². The van der Waals surface area contributed by atoms with Crippen molar-refractivity contribution in [1.82, 2.24) is 19.5 Å². The number of hydrogen-bond acceptors (Lipinski definition) is 9. The zero-order valence-corrected chi connectivity index (χ0v) is 19.1. The molecule has 11 nitrogen and oxygen atoms in total. The summed E-state index contributed by atoms with van der Waals surface area (Å²) in [7, 11) is -0.235. The number of fused-ring (bicyclic) bond motifs is 1. The van der Waals surface area contributed by atoms with Gasteiger partial charge in [-0.2, -0.15) is 0 Å². The highest BCUT2D eigenvalue weighted by Crippen LogP contribution is 2.32. The van der Waals surface area contributed by atoms with Crippen LogP contribution in [0, 0.1) is 0 Å². The quantitative estimate of drug-likeness (QED) is 0.231. The minimum atomic E-state index is -1.16. The molecule has 2 aromatic rings. The van der Waals surface area contributed by atoms with E-state index in [-0.39, 0.29) is 53.9 Å². The van der Waals surface area contributed by atoms with Crippen LogP contribution < -0.4 is 23.9 Å². The van der Waals surface area contributed by atoms with Gasteiger partial charge in [0, 0.05) is 6.42 Å². The third kappa shape index (κ3) is 5.98. The van der Waals surface area contributed by atoms with Gasteiger partial charge >= 0.3 is 5.97 Å². The molecule has 15 heteroatoms. The largest absolute Gasteiger partial charge is 1.00 e. The number of aliphatic carboxylic acids is 1. The lowest BCUT2D eigenvalue weighted by Crippen LogP contribution is -3.00. The van der Waals surface area contributed by atoms with Crippen molar-refractivity contribution in [3.63, 3.8) is 0 Å². The number of hydrogen-bond donors (Lipinski definition) is 5. The Bertz CT molecular complexity index is 833. The van der Waals surface area contributed by atoms with Gasteiger partial charge in [0.05, 0.1) is 12.6 Å². The van der Waals surface area contributed by atoms with Gasteiger partial charge in [0.2, 0.25) is 0 Å². The molecule has 3 rings (SSSR count). The molecule has 7 N–H and O–H groups in total. The summed E-state index contributed by atoms with van der Waals surface area (Å²) < 4.78 is 7.41. The molecule has 1 aliphatic heterocycles. The second kappa shape index (κ2) is 12.1. The lowest BCUT2D eigenvalue weighted by molar-refractivity contribution is -0.138. The van der Waals surface area contributed by atoms with E-state index in [0.717, 1.165) is 0 Å². The first-order chi connectivity index (χ1) is 12.8. The van der Waals surface area contributed by atoms with Crippen LogP contribution in [0.5, 0.6) is 0 Å². The fourth-order valence-electron chi connectivity index (χ4n) is 2.97. The van der Waals surface area contributed by atoms with Crippen LogP contribution in [-0.4, -0.2) is 82.9 Å². The van der Waals surface area contributed by atoms with E-state index < -0.39 is 36.6 Å². The highest BCUT2D eigenvalue weighted by molar-refractivity contribution is 7.96. The Hall–Kier alpha value is -1.12. The van der Waals surface area contributed by atoms with Crippen LogP contribution in [-0.2, 0) is 20.4 Å². The molecule has 1 saturated heterocycles. The number of nitrogens with zero attached hydrogens (tertiary/aromatic N) is 4. The predicted octanol–water partition coefficient (Wildman–Crippen LogP) is -4.07. The maximum Gasteiger partial charge on any atom is 0.320 e. The first-order valence-corrected chi connectivity index (χ1v) is 10.3. The average Bonchev–Trinajstić information content (AvgIpc) is 3.17. The highest BCUT2D eigenvalue weighted by Gasteiger charge is 2.46. The number of ether oxygens (including phenoxy) is 1. The lowest BCUT2D eigenvalue weighted by Gasteiger charge is -2.16. The summed E-state index contributed by atoms with van der Waals surface area (Å²) in [5, 5.41) is 29.7. The fraction of sp³-hybridized carbons (Fsp3) is 0.600. The summed E-state index contributed by atoms with van der Waals surface area (Å²) in [6, 6.07) is -0.907. The molecule has 172 valence electrons. The average molecular weight is 508 g/mol. The molecule has 0 amide bonds. The zero-order valence-electron chi connectivity index (χ0n) is 15.9. The number of aliphatic hydroxyl groups excluding tert-OH is 2. The summed E-state index contributed by atoms with van der Waals surface area (Å²) in [6.45, 7) is 0. The number of carboxylic acid groups (broad SMARTS) is 1. The van der Waals surface area contributed by atoms with Gasteiger partial charge in [-0.25, -0.2) is 15.0 Å². The van der Waals surface area contributed by atoms with Gasteiger partial charge in [0.25, 0.3) is 0 Å². The maximum absolute atomic E-state index is 10.8. The van der Waals surface area contributed by atoms with E-state index in [1.54, 1.807) is 0 Å². The molecular formula is C15H25Cl3N6O5S. The number of halogens is 3. The van der Waals surface area contributed by atoms with Crippen molar-refractivity contribution in [3.8, 4) is 0 Å². The number of aliphatic hydroxyl groups is 2. The first kappa shape index (κ1) is 28.9.